The molecular weight excluding hydrogens is 603 g/mol. The molecule has 2 aromatic heterocycles. The lowest BCUT2D eigenvalue weighted by atomic mass is 9.96. The predicted molar refractivity (Wildman–Crippen MR) is 153 cm³/mol. The molecular formula is C27H28F2IN7O. The Kier molecular flexibility index (Phi) is 7.28. The number of aromatic nitrogens is 4. The van der Waals surface area contributed by atoms with Gasteiger partial charge in [-0.15, -0.1) is 0 Å². The van der Waals surface area contributed by atoms with Gasteiger partial charge in [-0.2, -0.15) is 10.1 Å². The summed E-state index contributed by atoms with van der Waals surface area (Å²) in [4.78, 5) is 11.7. The molecule has 198 valence electrons. The first kappa shape index (κ1) is 25.2. The highest BCUT2D eigenvalue weighted by molar-refractivity contribution is 14.1. The summed E-state index contributed by atoms with van der Waals surface area (Å²) in [6.07, 6.45) is 7.19. The van der Waals surface area contributed by atoms with E-state index >= 15 is 0 Å². The number of nitrogens with one attached hydrogen (secondary N) is 2. The van der Waals surface area contributed by atoms with E-state index in [0.717, 1.165) is 69.4 Å². The fraction of sp³-hybridized carbons (Fsp3) is 0.370. The number of morpholine rings is 1. The number of hydrogen-bond acceptors (Lipinski definition) is 7. The van der Waals surface area contributed by atoms with Crippen molar-refractivity contribution in [3.8, 4) is 0 Å². The van der Waals surface area contributed by atoms with Gasteiger partial charge >= 0.3 is 0 Å². The minimum atomic E-state index is -0.672. The van der Waals surface area contributed by atoms with Crippen molar-refractivity contribution < 1.29 is 13.5 Å². The summed E-state index contributed by atoms with van der Waals surface area (Å²) >= 11 is 1.92. The van der Waals surface area contributed by atoms with Crippen molar-refractivity contribution >= 4 is 62.5 Å². The largest absolute Gasteiger partial charge is 0.378 e. The monoisotopic (exact) mass is 631 g/mol. The van der Waals surface area contributed by atoms with Gasteiger partial charge in [0.25, 0.3) is 0 Å². The zero-order valence-corrected chi connectivity index (χ0v) is 22.9. The SMILES string of the molecule is Fc1cc(F)c(Nc2nn(C3CCCCC3)c3nc(Nc4ccc(N5CCOCC5)cc4)ncc23)c(I)c1. The maximum atomic E-state index is 14.6. The van der Waals surface area contributed by atoms with Gasteiger partial charge in [0.05, 0.1) is 30.3 Å². The van der Waals surface area contributed by atoms with Gasteiger partial charge < -0.3 is 20.3 Å². The molecule has 0 spiro atoms. The summed E-state index contributed by atoms with van der Waals surface area (Å²) in [6.45, 7) is 3.25. The molecule has 1 saturated carbocycles. The average Bonchev–Trinajstić information content (AvgIpc) is 3.29. The van der Waals surface area contributed by atoms with Gasteiger partial charge in [-0.3, -0.25) is 0 Å². The molecule has 6 rings (SSSR count). The molecule has 1 saturated heterocycles. The summed E-state index contributed by atoms with van der Waals surface area (Å²) in [6, 6.07) is 10.6. The zero-order chi connectivity index (χ0) is 26.1. The van der Waals surface area contributed by atoms with Crippen LogP contribution in [0.5, 0.6) is 0 Å². The minimum Gasteiger partial charge on any atom is -0.378 e. The first-order valence-corrected chi connectivity index (χ1v) is 14.0. The van der Waals surface area contributed by atoms with Crippen molar-refractivity contribution in [2.75, 3.05) is 41.8 Å². The third-order valence-corrected chi connectivity index (χ3v) is 7.97. The molecule has 0 bridgehead atoms. The molecule has 2 fully saturated rings. The lowest BCUT2D eigenvalue weighted by molar-refractivity contribution is 0.122. The van der Waals surface area contributed by atoms with Crippen LogP contribution in [0.1, 0.15) is 38.1 Å². The second-order valence-corrected chi connectivity index (χ2v) is 10.8. The summed E-state index contributed by atoms with van der Waals surface area (Å²) in [5.41, 5.74) is 2.90. The van der Waals surface area contributed by atoms with Crippen molar-refractivity contribution in [3.05, 3.63) is 57.8 Å². The smallest absolute Gasteiger partial charge is 0.229 e. The number of halogens is 3. The van der Waals surface area contributed by atoms with Crippen LogP contribution in [-0.2, 0) is 4.74 Å². The summed E-state index contributed by atoms with van der Waals surface area (Å²) in [5.74, 6) is -0.375. The van der Waals surface area contributed by atoms with Gasteiger partial charge in [0.1, 0.15) is 5.82 Å². The Morgan fingerprint density at radius 1 is 0.974 bits per heavy atom. The average molecular weight is 631 g/mol. The Labute approximate surface area is 232 Å². The highest BCUT2D eigenvalue weighted by atomic mass is 127. The summed E-state index contributed by atoms with van der Waals surface area (Å²) in [7, 11) is 0. The number of benzene rings is 2. The van der Waals surface area contributed by atoms with E-state index in [-0.39, 0.29) is 11.7 Å². The van der Waals surface area contributed by atoms with E-state index < -0.39 is 11.6 Å². The third-order valence-electron chi connectivity index (χ3n) is 7.12. The van der Waals surface area contributed by atoms with E-state index in [1.165, 1.54) is 12.5 Å². The molecule has 0 amide bonds. The number of nitrogens with zero attached hydrogens (tertiary/aromatic N) is 5. The van der Waals surface area contributed by atoms with Gasteiger partial charge in [0.2, 0.25) is 5.95 Å². The van der Waals surface area contributed by atoms with Crippen LogP contribution in [0.2, 0.25) is 0 Å². The Morgan fingerprint density at radius 3 is 2.47 bits per heavy atom. The van der Waals surface area contributed by atoms with Crippen LogP contribution < -0.4 is 15.5 Å². The number of anilines is 5. The molecule has 4 aromatic rings. The maximum Gasteiger partial charge on any atom is 0.229 e. The van der Waals surface area contributed by atoms with Crippen LogP contribution in [0, 0.1) is 15.2 Å². The van der Waals surface area contributed by atoms with E-state index in [1.807, 2.05) is 39.4 Å². The lowest BCUT2D eigenvalue weighted by Crippen LogP contribution is -2.36. The molecule has 2 aliphatic rings. The van der Waals surface area contributed by atoms with E-state index in [0.29, 0.717) is 26.4 Å². The highest BCUT2D eigenvalue weighted by Crippen LogP contribution is 2.35. The Balaban J connectivity index is 1.31. The molecule has 38 heavy (non-hydrogen) atoms. The van der Waals surface area contributed by atoms with Crippen LogP contribution >= 0.6 is 22.6 Å². The number of ether oxygens (including phenoxy) is 1. The van der Waals surface area contributed by atoms with Gasteiger partial charge in [0, 0.05) is 40.3 Å². The molecule has 2 aromatic carbocycles. The highest BCUT2D eigenvalue weighted by Gasteiger charge is 2.23. The quantitative estimate of drug-likeness (QED) is 0.234. The van der Waals surface area contributed by atoms with E-state index in [2.05, 4.69) is 32.7 Å². The van der Waals surface area contributed by atoms with Crippen molar-refractivity contribution in [1.82, 2.24) is 19.7 Å². The molecule has 0 radical (unpaired) electrons. The molecule has 0 atom stereocenters. The molecule has 0 unspecified atom stereocenters. The molecule has 8 nitrogen and oxygen atoms in total. The van der Waals surface area contributed by atoms with E-state index in [9.17, 15) is 8.78 Å². The van der Waals surface area contributed by atoms with E-state index in [1.54, 1.807) is 6.20 Å². The number of hydrogen-bond donors (Lipinski definition) is 2. The van der Waals surface area contributed by atoms with Crippen LogP contribution in [-0.4, -0.2) is 46.1 Å². The van der Waals surface area contributed by atoms with Crippen molar-refractivity contribution in [2.24, 2.45) is 0 Å². The Hall–Kier alpha value is -3.06. The van der Waals surface area contributed by atoms with Gasteiger partial charge in [-0.05, 0) is 65.8 Å². The Morgan fingerprint density at radius 2 is 1.74 bits per heavy atom. The molecule has 1 aliphatic carbocycles. The maximum absolute atomic E-state index is 14.6. The predicted octanol–water partition coefficient (Wildman–Crippen LogP) is 6.54. The van der Waals surface area contributed by atoms with Gasteiger partial charge in [0.15, 0.2) is 17.3 Å². The first-order valence-electron chi connectivity index (χ1n) is 12.9. The van der Waals surface area contributed by atoms with Gasteiger partial charge in [-0.25, -0.2) is 18.4 Å². The van der Waals surface area contributed by atoms with Crippen LogP contribution in [0.3, 0.4) is 0 Å². The zero-order valence-electron chi connectivity index (χ0n) is 20.8. The van der Waals surface area contributed by atoms with Crippen molar-refractivity contribution in [3.63, 3.8) is 0 Å². The Bertz CT molecular complexity index is 1410. The summed E-state index contributed by atoms with van der Waals surface area (Å²) < 4.78 is 36.1. The van der Waals surface area contributed by atoms with Gasteiger partial charge in [-0.1, -0.05) is 19.3 Å². The lowest BCUT2D eigenvalue weighted by Gasteiger charge is -2.28. The van der Waals surface area contributed by atoms with Crippen LogP contribution in [0.15, 0.2) is 42.6 Å². The van der Waals surface area contributed by atoms with Crippen LogP contribution in [0.4, 0.5) is 37.6 Å². The topological polar surface area (TPSA) is 80.1 Å². The number of fused-ring (bicyclic) bond motifs is 1. The third kappa shape index (κ3) is 5.26. The second kappa shape index (κ2) is 11.0. The number of rotatable bonds is 6. The second-order valence-electron chi connectivity index (χ2n) is 9.66. The fourth-order valence-corrected chi connectivity index (χ4v) is 5.83. The summed E-state index contributed by atoms with van der Waals surface area (Å²) in [5, 5.41) is 11.9. The molecule has 1 aliphatic heterocycles. The van der Waals surface area contributed by atoms with Crippen molar-refractivity contribution in [1.29, 1.82) is 0 Å². The molecule has 3 heterocycles. The molecule has 11 heteroatoms. The normalized spacial score (nSPS) is 16.7. The minimum absolute atomic E-state index is 0.185. The standard InChI is InChI=1S/C27H28F2IN7O/c28-17-14-22(29)24(23(30)15-17)33-25-21-16-31-27(34-26(21)37(35-25)20-4-2-1-3-5-20)32-18-6-8-19(9-7-18)36-10-12-38-13-11-36/h6-9,14-16,20H,1-5,10-13H2,(H,33,35)(H,31,32,34). The van der Waals surface area contributed by atoms with E-state index in [4.69, 9.17) is 14.8 Å². The van der Waals surface area contributed by atoms with Crippen LogP contribution in [0.25, 0.3) is 11.0 Å². The van der Waals surface area contributed by atoms with Crippen molar-refractivity contribution in [2.45, 2.75) is 38.1 Å². The molecule has 2 N–H and O–H groups in total. The first-order chi connectivity index (χ1) is 18.5. The fourth-order valence-electron chi connectivity index (χ4n) is 5.14.